The smallest absolute Gasteiger partial charge is 0.260 e. The van der Waals surface area contributed by atoms with Crippen LogP contribution >= 0.6 is 0 Å². The summed E-state index contributed by atoms with van der Waals surface area (Å²) < 4.78 is 0. The van der Waals surface area contributed by atoms with Gasteiger partial charge in [0.2, 0.25) is 0 Å². The van der Waals surface area contributed by atoms with Crippen LogP contribution in [0.1, 0.15) is 27.3 Å². The second-order valence-electron chi connectivity index (χ2n) is 5.72. The van der Waals surface area contributed by atoms with Crippen molar-refractivity contribution in [1.29, 1.82) is 0 Å². The number of rotatable bonds is 4. The maximum Gasteiger partial charge on any atom is 0.260 e. The number of aliphatic imine (C=N–C) groups is 1. The van der Waals surface area contributed by atoms with Crippen LogP contribution in [0.25, 0.3) is 0 Å². The number of pyridine rings is 2. The number of hydrogen-bond acceptors (Lipinski definition) is 4. The van der Waals surface area contributed by atoms with E-state index in [2.05, 4.69) is 9.97 Å². The second kappa shape index (κ2) is 6.65. The monoisotopic (exact) mass is 328 g/mol. The molecule has 122 valence electrons. The van der Waals surface area contributed by atoms with Crippen LogP contribution in [0.4, 0.5) is 0 Å². The molecule has 0 aliphatic carbocycles. The van der Waals surface area contributed by atoms with Crippen LogP contribution in [0.3, 0.4) is 0 Å². The van der Waals surface area contributed by atoms with Crippen molar-refractivity contribution in [1.82, 2.24) is 14.9 Å². The zero-order valence-electron chi connectivity index (χ0n) is 13.5. The van der Waals surface area contributed by atoms with Gasteiger partial charge >= 0.3 is 0 Å². The number of aromatic nitrogens is 2. The Kier molecular flexibility index (Phi) is 4.04. The number of amides is 1. The predicted molar refractivity (Wildman–Crippen MR) is 95.0 cm³/mol. The van der Waals surface area contributed by atoms with Crippen molar-refractivity contribution in [2.24, 2.45) is 4.99 Å². The average molecular weight is 328 g/mol. The van der Waals surface area contributed by atoms with Crippen molar-refractivity contribution in [2.75, 3.05) is 0 Å². The highest BCUT2D eigenvalue weighted by Crippen LogP contribution is 2.25. The molecule has 3 heterocycles. The molecule has 1 amide bonds. The minimum absolute atomic E-state index is 0.0407. The molecule has 0 unspecified atom stereocenters. The summed E-state index contributed by atoms with van der Waals surface area (Å²) in [6.45, 7) is 0.825. The highest BCUT2D eigenvalue weighted by molar-refractivity contribution is 6.23. The van der Waals surface area contributed by atoms with Crippen molar-refractivity contribution < 1.29 is 4.79 Å². The number of amidine groups is 1. The fraction of sp³-hybridized carbons (Fsp3) is 0.100. The van der Waals surface area contributed by atoms with E-state index in [9.17, 15) is 4.79 Å². The van der Waals surface area contributed by atoms with Crippen molar-refractivity contribution >= 4 is 11.7 Å². The number of carbonyl (C=O) groups is 1. The SMILES string of the molecule is O=C1c2ccccc2C(=NCc2ccccn2)N1Cc1ccccn1. The number of hydrogen-bond donors (Lipinski definition) is 0. The minimum Gasteiger partial charge on any atom is -0.286 e. The topological polar surface area (TPSA) is 58.5 Å². The van der Waals surface area contributed by atoms with E-state index in [0.29, 0.717) is 24.5 Å². The van der Waals surface area contributed by atoms with Crippen LogP contribution in [-0.4, -0.2) is 26.6 Å². The Bertz CT molecular complexity index is 923. The molecule has 0 saturated carbocycles. The van der Waals surface area contributed by atoms with Crippen LogP contribution < -0.4 is 0 Å². The van der Waals surface area contributed by atoms with Gasteiger partial charge in [0.1, 0.15) is 5.84 Å². The second-order valence-corrected chi connectivity index (χ2v) is 5.72. The molecular weight excluding hydrogens is 312 g/mol. The average Bonchev–Trinajstić information content (AvgIpc) is 2.94. The van der Waals surface area contributed by atoms with Gasteiger partial charge in [-0.2, -0.15) is 0 Å². The lowest BCUT2D eigenvalue weighted by atomic mass is 10.1. The molecule has 2 aromatic heterocycles. The molecule has 3 aromatic rings. The largest absolute Gasteiger partial charge is 0.286 e. The molecule has 0 N–H and O–H groups in total. The van der Waals surface area contributed by atoms with Gasteiger partial charge in [-0.25, -0.2) is 0 Å². The Hall–Kier alpha value is -3.34. The Balaban J connectivity index is 1.70. The van der Waals surface area contributed by atoms with Gasteiger partial charge < -0.3 is 0 Å². The standard InChI is InChI=1S/C20H16N4O/c25-20-18-10-2-1-9-17(18)19(23-13-15-7-3-5-11-21-15)24(20)14-16-8-4-6-12-22-16/h1-12H,13-14H2. The lowest BCUT2D eigenvalue weighted by Crippen LogP contribution is -2.30. The van der Waals surface area contributed by atoms with E-state index in [4.69, 9.17) is 4.99 Å². The number of nitrogens with zero attached hydrogens (tertiary/aromatic N) is 4. The fourth-order valence-corrected chi connectivity index (χ4v) is 2.87. The number of carbonyl (C=O) groups excluding carboxylic acids is 1. The Labute approximate surface area is 145 Å². The van der Waals surface area contributed by atoms with Crippen LogP contribution in [0, 0.1) is 0 Å². The van der Waals surface area contributed by atoms with Crippen LogP contribution in [-0.2, 0) is 13.1 Å². The molecular formula is C20H16N4O. The zero-order valence-corrected chi connectivity index (χ0v) is 13.5. The van der Waals surface area contributed by atoms with Gasteiger partial charge in [0, 0.05) is 18.0 Å². The van der Waals surface area contributed by atoms with E-state index < -0.39 is 0 Å². The lowest BCUT2D eigenvalue weighted by molar-refractivity contribution is 0.0851. The Morgan fingerprint density at radius 3 is 2.12 bits per heavy atom. The first kappa shape index (κ1) is 15.2. The fourth-order valence-electron chi connectivity index (χ4n) is 2.87. The van der Waals surface area contributed by atoms with Gasteiger partial charge in [0.15, 0.2) is 0 Å². The summed E-state index contributed by atoms with van der Waals surface area (Å²) in [7, 11) is 0. The number of fused-ring (bicyclic) bond motifs is 1. The normalized spacial score (nSPS) is 14.8. The minimum atomic E-state index is -0.0407. The Morgan fingerprint density at radius 2 is 1.44 bits per heavy atom. The third kappa shape index (κ3) is 3.04. The highest BCUT2D eigenvalue weighted by Gasteiger charge is 2.33. The molecule has 1 aliphatic rings. The molecule has 1 aromatic carbocycles. The summed E-state index contributed by atoms with van der Waals surface area (Å²) in [5.74, 6) is 0.637. The molecule has 0 radical (unpaired) electrons. The lowest BCUT2D eigenvalue weighted by Gasteiger charge is -2.17. The summed E-state index contributed by atoms with van der Waals surface area (Å²) in [4.78, 5) is 27.8. The maximum absolute atomic E-state index is 12.8. The quantitative estimate of drug-likeness (QED) is 0.739. The van der Waals surface area contributed by atoms with E-state index in [-0.39, 0.29) is 5.91 Å². The van der Waals surface area contributed by atoms with Crippen molar-refractivity contribution in [2.45, 2.75) is 13.1 Å². The van der Waals surface area contributed by atoms with Crippen molar-refractivity contribution in [3.63, 3.8) is 0 Å². The van der Waals surface area contributed by atoms with Gasteiger partial charge in [-0.3, -0.25) is 24.7 Å². The summed E-state index contributed by atoms with van der Waals surface area (Å²) >= 11 is 0. The van der Waals surface area contributed by atoms with E-state index in [1.807, 2.05) is 60.7 Å². The van der Waals surface area contributed by atoms with Gasteiger partial charge in [0.05, 0.1) is 30.0 Å². The first-order valence-corrected chi connectivity index (χ1v) is 8.08. The first-order chi connectivity index (χ1) is 12.3. The highest BCUT2D eigenvalue weighted by atomic mass is 16.2. The zero-order chi connectivity index (χ0) is 17.1. The third-order valence-corrected chi connectivity index (χ3v) is 4.06. The summed E-state index contributed by atoms with van der Waals surface area (Å²) in [6.07, 6.45) is 3.47. The van der Waals surface area contributed by atoms with Gasteiger partial charge in [-0.1, -0.05) is 30.3 Å². The van der Waals surface area contributed by atoms with E-state index in [1.54, 1.807) is 17.3 Å². The summed E-state index contributed by atoms with van der Waals surface area (Å²) in [6, 6.07) is 19.0. The van der Waals surface area contributed by atoms with Gasteiger partial charge in [0.25, 0.3) is 5.91 Å². The molecule has 0 atom stereocenters. The molecule has 25 heavy (non-hydrogen) atoms. The van der Waals surface area contributed by atoms with Crippen molar-refractivity contribution in [3.8, 4) is 0 Å². The summed E-state index contributed by atoms with van der Waals surface area (Å²) in [5.41, 5.74) is 3.23. The third-order valence-electron chi connectivity index (χ3n) is 4.06. The number of benzene rings is 1. The Morgan fingerprint density at radius 1 is 0.800 bits per heavy atom. The van der Waals surface area contributed by atoms with Crippen LogP contribution in [0.5, 0.6) is 0 Å². The van der Waals surface area contributed by atoms with Gasteiger partial charge in [-0.05, 0) is 30.3 Å². The van der Waals surface area contributed by atoms with Crippen molar-refractivity contribution in [3.05, 3.63) is 95.6 Å². The molecule has 5 nitrogen and oxygen atoms in total. The first-order valence-electron chi connectivity index (χ1n) is 8.08. The maximum atomic E-state index is 12.8. The molecule has 5 heteroatoms. The molecule has 4 rings (SSSR count). The predicted octanol–water partition coefficient (Wildman–Crippen LogP) is 3.08. The molecule has 0 fully saturated rings. The molecule has 0 spiro atoms. The van der Waals surface area contributed by atoms with E-state index in [0.717, 1.165) is 17.0 Å². The summed E-state index contributed by atoms with van der Waals surface area (Å²) in [5, 5.41) is 0. The molecule has 0 saturated heterocycles. The van der Waals surface area contributed by atoms with E-state index >= 15 is 0 Å². The van der Waals surface area contributed by atoms with Gasteiger partial charge in [-0.15, -0.1) is 0 Å². The molecule has 1 aliphatic heterocycles. The molecule has 0 bridgehead atoms. The van der Waals surface area contributed by atoms with E-state index in [1.165, 1.54) is 0 Å². The van der Waals surface area contributed by atoms with Crippen LogP contribution in [0.15, 0.2) is 78.0 Å². The van der Waals surface area contributed by atoms with Crippen LogP contribution in [0.2, 0.25) is 0 Å².